The van der Waals surface area contributed by atoms with Crippen LogP contribution in [0.4, 0.5) is 5.69 Å². The van der Waals surface area contributed by atoms with Gasteiger partial charge >= 0.3 is 5.69 Å². The Hall–Kier alpha value is -3.57. The summed E-state index contributed by atoms with van der Waals surface area (Å²) in [4.78, 5) is 29.3. The lowest BCUT2D eigenvalue weighted by Gasteiger charge is -2.13. The van der Waals surface area contributed by atoms with Crippen molar-refractivity contribution in [1.82, 2.24) is 9.66 Å². The molecule has 196 valence electrons. The van der Waals surface area contributed by atoms with Gasteiger partial charge in [-0.25, -0.2) is 4.98 Å². The molecule has 0 aliphatic carbocycles. The molecule has 0 spiro atoms. The highest BCUT2D eigenvalue weighted by atomic mass is 79.9. The number of ether oxygens (including phenoxy) is 2. The molecule has 0 N–H and O–H groups in total. The second-order valence-corrected chi connectivity index (χ2v) is 10.1. The predicted octanol–water partition coefficient (Wildman–Crippen LogP) is 6.64. The summed E-state index contributed by atoms with van der Waals surface area (Å²) >= 11 is 6.78. The minimum atomic E-state index is -0.527. The van der Waals surface area contributed by atoms with Crippen LogP contribution in [0, 0.1) is 10.1 Å². The van der Waals surface area contributed by atoms with Crippen molar-refractivity contribution in [2.75, 3.05) is 6.61 Å². The number of fused-ring (bicyclic) bond motifs is 1. The molecule has 0 aliphatic heterocycles. The molecular formula is C27H24Br2N4O5. The molecule has 0 saturated carbocycles. The van der Waals surface area contributed by atoms with Crippen molar-refractivity contribution < 1.29 is 14.4 Å². The van der Waals surface area contributed by atoms with Gasteiger partial charge in [0, 0.05) is 27.0 Å². The van der Waals surface area contributed by atoms with Crippen LogP contribution in [0.25, 0.3) is 10.9 Å². The molecule has 0 atom stereocenters. The first-order chi connectivity index (χ1) is 18.3. The topological polar surface area (TPSA) is 109 Å². The number of nitrogens with zero attached hydrogens (tertiary/aromatic N) is 4. The first kappa shape index (κ1) is 27.5. The third-order valence-corrected chi connectivity index (χ3v) is 6.54. The van der Waals surface area contributed by atoms with Gasteiger partial charge in [-0.05, 0) is 55.3 Å². The quantitative estimate of drug-likeness (QED) is 0.109. The van der Waals surface area contributed by atoms with E-state index < -0.39 is 4.92 Å². The molecule has 4 rings (SSSR count). The molecule has 4 aromatic rings. The number of nitro benzene ring substituents is 1. The van der Waals surface area contributed by atoms with Crippen LogP contribution >= 0.6 is 31.9 Å². The van der Waals surface area contributed by atoms with E-state index in [-0.39, 0.29) is 36.0 Å². The molecule has 1 heterocycles. The number of hydrogen-bond donors (Lipinski definition) is 0. The first-order valence-corrected chi connectivity index (χ1v) is 13.5. The highest BCUT2D eigenvalue weighted by molar-refractivity contribution is 9.10. The van der Waals surface area contributed by atoms with E-state index in [2.05, 4.69) is 41.9 Å². The fourth-order valence-electron chi connectivity index (χ4n) is 3.79. The second kappa shape index (κ2) is 12.3. The highest BCUT2D eigenvalue weighted by Gasteiger charge is 2.23. The third-order valence-electron chi connectivity index (χ3n) is 5.52. The lowest BCUT2D eigenvalue weighted by atomic mass is 10.1. The Bertz CT molecular complexity index is 1570. The van der Waals surface area contributed by atoms with E-state index in [0.29, 0.717) is 28.7 Å². The van der Waals surface area contributed by atoms with Gasteiger partial charge in [-0.1, -0.05) is 50.9 Å². The lowest BCUT2D eigenvalue weighted by molar-refractivity contribution is -0.386. The van der Waals surface area contributed by atoms with Crippen molar-refractivity contribution in [3.05, 3.63) is 101 Å². The maximum absolute atomic E-state index is 13.3. The summed E-state index contributed by atoms with van der Waals surface area (Å²) in [6, 6.07) is 15.7. The van der Waals surface area contributed by atoms with E-state index in [1.165, 1.54) is 17.0 Å². The van der Waals surface area contributed by atoms with Gasteiger partial charge in [-0.2, -0.15) is 9.78 Å². The van der Waals surface area contributed by atoms with Crippen LogP contribution in [0.5, 0.6) is 11.5 Å². The van der Waals surface area contributed by atoms with E-state index in [9.17, 15) is 14.9 Å². The van der Waals surface area contributed by atoms with Crippen LogP contribution in [-0.4, -0.2) is 27.4 Å². The molecule has 0 saturated heterocycles. The van der Waals surface area contributed by atoms with E-state index in [4.69, 9.17) is 9.47 Å². The largest absolute Gasteiger partial charge is 0.490 e. The Morgan fingerprint density at radius 3 is 2.47 bits per heavy atom. The summed E-state index contributed by atoms with van der Waals surface area (Å²) in [6.45, 7) is 4.16. The SMILES string of the molecule is CCCc1nc2ccc(Br)cc2c(=O)n1N=Cc1cc(OCC)c(OCc2ccc(Br)cc2)c([N+](=O)[O-])c1. The van der Waals surface area contributed by atoms with Crippen molar-refractivity contribution in [3.8, 4) is 11.5 Å². The van der Waals surface area contributed by atoms with E-state index in [1.807, 2.05) is 37.3 Å². The highest BCUT2D eigenvalue weighted by Crippen LogP contribution is 2.39. The molecule has 0 bridgehead atoms. The molecule has 0 aliphatic rings. The average Bonchev–Trinajstić information content (AvgIpc) is 2.89. The van der Waals surface area contributed by atoms with Crippen LogP contribution in [0.15, 0.2) is 73.4 Å². The van der Waals surface area contributed by atoms with Crippen LogP contribution in [-0.2, 0) is 13.0 Å². The molecule has 38 heavy (non-hydrogen) atoms. The minimum absolute atomic E-state index is 0.0259. The van der Waals surface area contributed by atoms with Gasteiger partial charge in [0.2, 0.25) is 5.75 Å². The normalized spacial score (nSPS) is 11.3. The van der Waals surface area contributed by atoms with Gasteiger partial charge in [-0.15, -0.1) is 0 Å². The fraction of sp³-hybridized carbons (Fsp3) is 0.222. The Balaban J connectivity index is 1.75. The molecule has 0 fully saturated rings. The summed E-state index contributed by atoms with van der Waals surface area (Å²) in [6.07, 6.45) is 2.68. The molecular weight excluding hydrogens is 620 g/mol. The maximum Gasteiger partial charge on any atom is 0.315 e. The first-order valence-electron chi connectivity index (χ1n) is 11.9. The zero-order valence-electron chi connectivity index (χ0n) is 20.7. The van der Waals surface area contributed by atoms with E-state index in [0.717, 1.165) is 20.9 Å². The Morgan fingerprint density at radius 1 is 1.05 bits per heavy atom. The molecule has 3 aromatic carbocycles. The standard InChI is InChI=1S/C27H24Br2N4O5/c1-3-5-25-31-22-11-10-20(29)14-21(22)27(34)32(25)30-15-18-12-23(33(35)36)26(24(13-18)37-4-2)38-16-17-6-8-19(28)9-7-17/h6-15H,3-5,16H2,1-2H3. The number of aromatic nitrogens is 2. The van der Waals surface area contributed by atoms with Crippen LogP contribution in [0.3, 0.4) is 0 Å². The smallest absolute Gasteiger partial charge is 0.315 e. The van der Waals surface area contributed by atoms with Crippen molar-refractivity contribution in [3.63, 3.8) is 0 Å². The van der Waals surface area contributed by atoms with Gasteiger partial charge in [0.25, 0.3) is 5.56 Å². The zero-order chi connectivity index (χ0) is 27.2. The van der Waals surface area contributed by atoms with Crippen LogP contribution in [0.1, 0.15) is 37.2 Å². The molecule has 0 unspecified atom stereocenters. The number of aryl methyl sites for hydroxylation is 1. The Labute approximate surface area is 235 Å². The third kappa shape index (κ3) is 6.28. The fourth-order valence-corrected chi connectivity index (χ4v) is 4.41. The van der Waals surface area contributed by atoms with E-state index in [1.54, 1.807) is 25.1 Å². The number of halogens is 2. The summed E-state index contributed by atoms with van der Waals surface area (Å²) in [5.41, 5.74) is 1.20. The Kier molecular flexibility index (Phi) is 8.90. The van der Waals surface area contributed by atoms with Gasteiger partial charge in [0.05, 0.1) is 28.6 Å². The Morgan fingerprint density at radius 2 is 1.79 bits per heavy atom. The van der Waals surface area contributed by atoms with Crippen LogP contribution in [0.2, 0.25) is 0 Å². The summed E-state index contributed by atoms with van der Waals surface area (Å²) < 4.78 is 14.5. The van der Waals surface area contributed by atoms with Crippen molar-refractivity contribution in [2.45, 2.75) is 33.3 Å². The monoisotopic (exact) mass is 642 g/mol. The average molecular weight is 644 g/mol. The molecule has 9 nitrogen and oxygen atoms in total. The number of benzene rings is 3. The van der Waals surface area contributed by atoms with Gasteiger partial charge in [0.15, 0.2) is 5.75 Å². The maximum atomic E-state index is 13.3. The summed E-state index contributed by atoms with van der Waals surface area (Å²) in [5.74, 6) is 0.734. The summed E-state index contributed by atoms with van der Waals surface area (Å²) in [7, 11) is 0. The zero-order valence-corrected chi connectivity index (χ0v) is 23.9. The molecule has 11 heteroatoms. The minimum Gasteiger partial charge on any atom is -0.490 e. The van der Waals surface area contributed by atoms with Crippen molar-refractivity contribution >= 4 is 54.7 Å². The van der Waals surface area contributed by atoms with Gasteiger partial charge in [-0.3, -0.25) is 14.9 Å². The van der Waals surface area contributed by atoms with Gasteiger partial charge < -0.3 is 9.47 Å². The predicted molar refractivity (Wildman–Crippen MR) is 153 cm³/mol. The summed E-state index contributed by atoms with van der Waals surface area (Å²) in [5, 5.41) is 16.8. The molecule has 1 aromatic heterocycles. The lowest BCUT2D eigenvalue weighted by Crippen LogP contribution is -2.22. The second-order valence-electron chi connectivity index (χ2n) is 8.27. The molecule has 0 amide bonds. The van der Waals surface area contributed by atoms with E-state index >= 15 is 0 Å². The van der Waals surface area contributed by atoms with Crippen molar-refractivity contribution in [2.24, 2.45) is 5.10 Å². The van der Waals surface area contributed by atoms with Crippen molar-refractivity contribution in [1.29, 1.82) is 0 Å². The van der Waals surface area contributed by atoms with Crippen LogP contribution < -0.4 is 15.0 Å². The number of rotatable bonds is 10. The molecule has 0 radical (unpaired) electrons. The van der Waals surface area contributed by atoms with Gasteiger partial charge in [0.1, 0.15) is 12.4 Å². The number of hydrogen-bond acceptors (Lipinski definition) is 7. The number of nitro groups is 1.